The second-order valence-corrected chi connectivity index (χ2v) is 4.78. The van der Waals surface area contributed by atoms with Gasteiger partial charge in [0.15, 0.2) is 0 Å². The fourth-order valence-corrected chi connectivity index (χ4v) is 2.42. The smallest absolute Gasteiger partial charge is 0.203 e. The number of nitrogens with two attached hydrogens (primary N) is 1. The molecule has 2 aromatic rings. The summed E-state index contributed by atoms with van der Waals surface area (Å²) in [4.78, 5) is 2.27. The molecule has 0 fully saturated rings. The number of nitrogens with zero attached hydrogens (tertiary/aromatic N) is 6. The second kappa shape index (κ2) is 3.80. The molecule has 1 aliphatic rings. The van der Waals surface area contributed by atoms with Gasteiger partial charge in [0.25, 0.3) is 0 Å². The van der Waals surface area contributed by atoms with Gasteiger partial charge < -0.3 is 10.3 Å². The number of hydrogen-bond donors (Lipinski definition) is 1. The van der Waals surface area contributed by atoms with Crippen LogP contribution in [0.5, 0.6) is 0 Å². The highest BCUT2D eigenvalue weighted by Crippen LogP contribution is 2.16. The van der Waals surface area contributed by atoms with Crippen molar-refractivity contribution in [3.63, 3.8) is 0 Å². The Morgan fingerprint density at radius 3 is 3.06 bits per heavy atom. The van der Waals surface area contributed by atoms with Crippen LogP contribution in [0.1, 0.15) is 10.8 Å². The van der Waals surface area contributed by atoms with Crippen molar-refractivity contribution in [1.82, 2.24) is 29.9 Å². The van der Waals surface area contributed by atoms with Crippen LogP contribution < -0.4 is 5.73 Å². The number of aromatic nitrogens is 5. The lowest BCUT2D eigenvalue weighted by Gasteiger charge is -2.25. The lowest BCUT2D eigenvalue weighted by atomic mass is 10.3. The summed E-state index contributed by atoms with van der Waals surface area (Å²) in [7, 11) is 0. The molecule has 84 valence electrons. The largest absolute Gasteiger partial charge is 0.374 e. The van der Waals surface area contributed by atoms with Crippen molar-refractivity contribution in [3.05, 3.63) is 17.2 Å². The van der Waals surface area contributed by atoms with Gasteiger partial charge in [-0.1, -0.05) is 11.3 Å². The first kappa shape index (κ1) is 9.67. The summed E-state index contributed by atoms with van der Waals surface area (Å²) < 4.78 is 2.07. The number of rotatable bonds is 2. The summed E-state index contributed by atoms with van der Waals surface area (Å²) >= 11 is 1.44. The molecule has 0 aromatic carbocycles. The van der Waals surface area contributed by atoms with Crippen LogP contribution in [0, 0.1) is 0 Å². The number of nitrogen functional groups attached to an aromatic ring is 1. The van der Waals surface area contributed by atoms with Crippen molar-refractivity contribution in [2.75, 3.05) is 12.3 Å². The summed E-state index contributed by atoms with van der Waals surface area (Å²) in [6, 6.07) is 0. The molecule has 7 nitrogen and oxygen atoms in total. The molecule has 0 saturated carbocycles. The molecule has 0 atom stereocenters. The first-order valence-corrected chi connectivity index (χ1v) is 5.80. The lowest BCUT2D eigenvalue weighted by molar-refractivity contribution is 0.208. The second-order valence-electron chi connectivity index (χ2n) is 3.69. The van der Waals surface area contributed by atoms with Gasteiger partial charge in [0.05, 0.1) is 13.1 Å². The fourth-order valence-electron chi connectivity index (χ4n) is 1.77. The van der Waals surface area contributed by atoms with Gasteiger partial charge in [0.2, 0.25) is 5.13 Å². The van der Waals surface area contributed by atoms with Gasteiger partial charge in [-0.3, -0.25) is 4.90 Å². The highest BCUT2D eigenvalue weighted by Gasteiger charge is 2.18. The molecule has 0 saturated heterocycles. The van der Waals surface area contributed by atoms with Gasteiger partial charge in [-0.15, -0.1) is 20.4 Å². The van der Waals surface area contributed by atoms with Gasteiger partial charge in [0.1, 0.15) is 17.2 Å². The zero-order valence-corrected chi connectivity index (χ0v) is 9.39. The third kappa shape index (κ3) is 1.76. The monoisotopic (exact) mass is 237 g/mol. The molecular formula is C8H11N7S. The lowest BCUT2D eigenvalue weighted by Crippen LogP contribution is -2.33. The van der Waals surface area contributed by atoms with E-state index in [2.05, 4.69) is 29.9 Å². The summed E-state index contributed by atoms with van der Waals surface area (Å²) in [5.74, 6) is 1.00. The highest BCUT2D eigenvalue weighted by molar-refractivity contribution is 7.15. The van der Waals surface area contributed by atoms with Crippen molar-refractivity contribution in [3.8, 4) is 0 Å². The molecule has 2 N–H and O–H groups in total. The predicted octanol–water partition coefficient (Wildman–Crippen LogP) is -0.272. The normalized spacial score (nSPS) is 16.2. The first-order valence-electron chi connectivity index (χ1n) is 4.98. The molecule has 0 spiro atoms. The Balaban J connectivity index is 1.70. The summed E-state index contributed by atoms with van der Waals surface area (Å²) in [5.41, 5.74) is 5.54. The van der Waals surface area contributed by atoms with Crippen LogP contribution in [-0.4, -0.2) is 36.4 Å². The van der Waals surface area contributed by atoms with E-state index in [1.807, 2.05) is 0 Å². The van der Waals surface area contributed by atoms with Gasteiger partial charge in [-0.2, -0.15) is 0 Å². The van der Waals surface area contributed by atoms with E-state index in [9.17, 15) is 0 Å². The zero-order chi connectivity index (χ0) is 11.0. The SMILES string of the molecule is Nc1nnc(CN2CCn3cnnc3C2)s1. The molecule has 0 radical (unpaired) electrons. The van der Waals surface area contributed by atoms with Gasteiger partial charge in [-0.05, 0) is 0 Å². The Labute approximate surface area is 95.9 Å². The minimum absolute atomic E-state index is 0.523. The number of anilines is 1. The summed E-state index contributed by atoms with van der Waals surface area (Å²) in [5, 5.41) is 17.2. The van der Waals surface area contributed by atoms with E-state index in [-0.39, 0.29) is 0 Å². The van der Waals surface area contributed by atoms with Crippen LogP contribution in [-0.2, 0) is 19.6 Å². The Morgan fingerprint density at radius 1 is 1.31 bits per heavy atom. The number of hydrogen-bond acceptors (Lipinski definition) is 7. The quantitative estimate of drug-likeness (QED) is 0.773. The van der Waals surface area contributed by atoms with Crippen LogP contribution in [0.4, 0.5) is 5.13 Å². The maximum Gasteiger partial charge on any atom is 0.203 e. The predicted molar refractivity (Wildman–Crippen MR) is 58.5 cm³/mol. The van der Waals surface area contributed by atoms with E-state index in [0.717, 1.165) is 37.0 Å². The third-order valence-electron chi connectivity index (χ3n) is 2.56. The van der Waals surface area contributed by atoms with E-state index in [0.29, 0.717) is 5.13 Å². The van der Waals surface area contributed by atoms with Crippen molar-refractivity contribution in [2.24, 2.45) is 0 Å². The topological polar surface area (TPSA) is 85.8 Å². The van der Waals surface area contributed by atoms with Crippen molar-refractivity contribution in [2.45, 2.75) is 19.6 Å². The van der Waals surface area contributed by atoms with Crippen molar-refractivity contribution < 1.29 is 0 Å². The Kier molecular flexibility index (Phi) is 2.29. The summed E-state index contributed by atoms with van der Waals surface area (Å²) in [6.07, 6.45) is 1.77. The molecule has 1 aliphatic heterocycles. The molecule has 3 heterocycles. The minimum atomic E-state index is 0.523. The highest BCUT2D eigenvalue weighted by atomic mass is 32.1. The van der Waals surface area contributed by atoms with E-state index in [1.54, 1.807) is 6.33 Å². The summed E-state index contributed by atoms with van der Waals surface area (Å²) in [6.45, 7) is 3.49. The van der Waals surface area contributed by atoms with Crippen molar-refractivity contribution in [1.29, 1.82) is 0 Å². The third-order valence-corrected chi connectivity index (χ3v) is 3.30. The van der Waals surface area contributed by atoms with E-state index >= 15 is 0 Å². The van der Waals surface area contributed by atoms with Gasteiger partial charge in [0, 0.05) is 13.1 Å². The Morgan fingerprint density at radius 2 is 2.25 bits per heavy atom. The van der Waals surface area contributed by atoms with Crippen LogP contribution >= 0.6 is 11.3 Å². The molecule has 8 heteroatoms. The Bertz CT molecular complexity index is 490. The molecule has 2 aromatic heterocycles. The van der Waals surface area contributed by atoms with Crippen LogP contribution in [0.25, 0.3) is 0 Å². The number of fused-ring (bicyclic) bond motifs is 1. The van der Waals surface area contributed by atoms with E-state index in [4.69, 9.17) is 5.73 Å². The van der Waals surface area contributed by atoms with E-state index < -0.39 is 0 Å². The van der Waals surface area contributed by atoms with Crippen LogP contribution in [0.2, 0.25) is 0 Å². The molecule has 16 heavy (non-hydrogen) atoms. The van der Waals surface area contributed by atoms with Crippen molar-refractivity contribution >= 4 is 16.5 Å². The maximum atomic E-state index is 5.54. The maximum absolute atomic E-state index is 5.54. The average molecular weight is 237 g/mol. The van der Waals surface area contributed by atoms with E-state index in [1.165, 1.54) is 11.3 Å². The Hall–Kier alpha value is -1.54. The minimum Gasteiger partial charge on any atom is -0.374 e. The standard InChI is InChI=1S/C8H11N7S/c9-8-13-12-7(16-8)4-14-1-2-15-5-10-11-6(15)3-14/h5H,1-4H2,(H2,9,13). The molecular weight excluding hydrogens is 226 g/mol. The average Bonchev–Trinajstić information content (AvgIpc) is 2.87. The van der Waals surface area contributed by atoms with Crippen LogP contribution in [0.15, 0.2) is 6.33 Å². The van der Waals surface area contributed by atoms with Gasteiger partial charge in [-0.25, -0.2) is 0 Å². The first-order chi connectivity index (χ1) is 7.81. The zero-order valence-electron chi connectivity index (χ0n) is 8.57. The molecule has 0 unspecified atom stereocenters. The molecule has 0 bridgehead atoms. The molecule has 3 rings (SSSR count). The van der Waals surface area contributed by atoms with Gasteiger partial charge >= 0.3 is 0 Å². The fraction of sp³-hybridized carbons (Fsp3) is 0.500. The molecule has 0 amide bonds. The van der Waals surface area contributed by atoms with Crippen LogP contribution in [0.3, 0.4) is 0 Å². The molecule has 0 aliphatic carbocycles.